The number of imidazole rings is 1. The first-order valence-corrected chi connectivity index (χ1v) is 7.21. The van der Waals surface area contributed by atoms with Gasteiger partial charge in [0.25, 0.3) is 0 Å². The molecule has 0 unspecified atom stereocenters. The molecule has 5 nitrogen and oxygen atoms in total. The van der Waals surface area contributed by atoms with Gasteiger partial charge >= 0.3 is 0 Å². The van der Waals surface area contributed by atoms with Gasteiger partial charge in [-0.25, -0.2) is 4.98 Å². The number of carbonyl (C=O) groups excluding carboxylic acids is 1. The molecular weight excluding hydrogens is 264 g/mol. The quantitative estimate of drug-likeness (QED) is 0.846. The number of hydrogen-bond acceptors (Lipinski definition) is 3. The van der Waals surface area contributed by atoms with E-state index in [2.05, 4.69) is 11.1 Å². The summed E-state index contributed by atoms with van der Waals surface area (Å²) < 4.78 is 1.86. The van der Waals surface area contributed by atoms with Crippen molar-refractivity contribution in [2.75, 3.05) is 13.1 Å². The van der Waals surface area contributed by atoms with E-state index in [0.29, 0.717) is 18.9 Å². The Morgan fingerprint density at radius 3 is 2.71 bits per heavy atom. The van der Waals surface area contributed by atoms with Crippen LogP contribution in [-0.4, -0.2) is 33.4 Å². The van der Waals surface area contributed by atoms with Crippen LogP contribution in [0.4, 0.5) is 0 Å². The largest absolute Gasteiger partial charge is 0.342 e. The molecule has 0 aliphatic rings. The fourth-order valence-electron chi connectivity index (χ4n) is 2.48. The second-order valence-corrected chi connectivity index (χ2v) is 5.01. The first-order chi connectivity index (χ1) is 10.1. The Balaban J connectivity index is 2.43. The minimum atomic E-state index is 0.0547. The van der Waals surface area contributed by atoms with Crippen molar-refractivity contribution in [3.05, 3.63) is 29.6 Å². The molecule has 110 valence electrons. The Hall–Kier alpha value is -2.35. The Kier molecular flexibility index (Phi) is 4.59. The zero-order chi connectivity index (χ0) is 15.4. The molecule has 0 saturated carbocycles. The van der Waals surface area contributed by atoms with Gasteiger partial charge in [-0.1, -0.05) is 6.07 Å². The fourth-order valence-corrected chi connectivity index (χ4v) is 2.48. The summed E-state index contributed by atoms with van der Waals surface area (Å²) in [6.45, 7) is 7.55. The van der Waals surface area contributed by atoms with Gasteiger partial charge < -0.3 is 9.47 Å². The van der Waals surface area contributed by atoms with Crippen LogP contribution in [0.3, 0.4) is 0 Å². The number of benzene rings is 1. The van der Waals surface area contributed by atoms with Crippen LogP contribution in [0.5, 0.6) is 0 Å². The molecule has 0 aliphatic heterocycles. The molecule has 0 bridgehead atoms. The third-order valence-corrected chi connectivity index (χ3v) is 3.63. The predicted molar refractivity (Wildman–Crippen MR) is 81.7 cm³/mol. The Morgan fingerprint density at radius 2 is 2.10 bits per heavy atom. The molecule has 2 rings (SSSR count). The van der Waals surface area contributed by atoms with E-state index in [4.69, 9.17) is 5.26 Å². The highest BCUT2D eigenvalue weighted by molar-refractivity contribution is 5.81. The number of aryl methyl sites for hydroxylation is 1. The van der Waals surface area contributed by atoms with E-state index in [1.165, 1.54) is 0 Å². The SMILES string of the molecule is CCN(CC)C(=O)Cn1c(CC#N)nc2cc(C)ccc21. The van der Waals surface area contributed by atoms with Crippen LogP contribution in [0, 0.1) is 18.3 Å². The number of amides is 1. The van der Waals surface area contributed by atoms with Crippen molar-refractivity contribution in [2.45, 2.75) is 33.7 Å². The molecule has 0 spiro atoms. The number of carbonyl (C=O) groups is 1. The third-order valence-electron chi connectivity index (χ3n) is 3.63. The molecule has 0 fully saturated rings. The molecule has 1 heterocycles. The van der Waals surface area contributed by atoms with Crippen molar-refractivity contribution in [3.8, 4) is 6.07 Å². The highest BCUT2D eigenvalue weighted by Gasteiger charge is 2.16. The summed E-state index contributed by atoms with van der Waals surface area (Å²) in [7, 11) is 0. The van der Waals surface area contributed by atoms with Crippen molar-refractivity contribution < 1.29 is 4.79 Å². The van der Waals surface area contributed by atoms with Gasteiger partial charge in [0.15, 0.2) is 0 Å². The number of nitrogens with zero attached hydrogens (tertiary/aromatic N) is 4. The summed E-state index contributed by atoms with van der Waals surface area (Å²) in [5, 5.41) is 8.96. The predicted octanol–water partition coefficient (Wildman–Crippen LogP) is 2.28. The summed E-state index contributed by atoms with van der Waals surface area (Å²) in [6, 6.07) is 8.07. The number of hydrogen-bond donors (Lipinski definition) is 0. The highest BCUT2D eigenvalue weighted by Crippen LogP contribution is 2.18. The molecule has 1 amide bonds. The summed E-state index contributed by atoms with van der Waals surface area (Å²) in [4.78, 5) is 18.6. The summed E-state index contributed by atoms with van der Waals surface area (Å²) >= 11 is 0. The Bertz CT molecular complexity index is 692. The zero-order valence-electron chi connectivity index (χ0n) is 12.8. The molecule has 2 aromatic rings. The molecule has 21 heavy (non-hydrogen) atoms. The van der Waals surface area contributed by atoms with Crippen LogP contribution in [0.2, 0.25) is 0 Å². The lowest BCUT2D eigenvalue weighted by atomic mass is 10.2. The van der Waals surface area contributed by atoms with Crippen molar-refractivity contribution in [1.82, 2.24) is 14.5 Å². The number of nitriles is 1. The van der Waals surface area contributed by atoms with Crippen molar-refractivity contribution in [2.24, 2.45) is 0 Å². The molecule has 1 aromatic carbocycles. The van der Waals surface area contributed by atoms with Crippen molar-refractivity contribution >= 4 is 16.9 Å². The number of fused-ring (bicyclic) bond motifs is 1. The molecule has 1 aromatic heterocycles. The van der Waals surface area contributed by atoms with Gasteiger partial charge in [-0.3, -0.25) is 4.79 Å². The highest BCUT2D eigenvalue weighted by atomic mass is 16.2. The van der Waals surface area contributed by atoms with Crippen molar-refractivity contribution in [1.29, 1.82) is 5.26 Å². The maximum absolute atomic E-state index is 12.3. The van der Waals surface area contributed by atoms with E-state index >= 15 is 0 Å². The van der Waals surface area contributed by atoms with E-state index in [1.54, 1.807) is 4.90 Å². The number of rotatable bonds is 5. The van der Waals surface area contributed by atoms with Gasteiger partial charge in [0.05, 0.1) is 23.5 Å². The molecule has 0 saturated heterocycles. The van der Waals surface area contributed by atoms with Gasteiger partial charge in [0.2, 0.25) is 5.91 Å². The summed E-state index contributed by atoms with van der Waals surface area (Å²) in [5.74, 6) is 0.706. The zero-order valence-corrected chi connectivity index (χ0v) is 12.8. The van der Waals surface area contributed by atoms with Gasteiger partial charge in [0.1, 0.15) is 12.4 Å². The van der Waals surface area contributed by atoms with Crippen molar-refractivity contribution in [3.63, 3.8) is 0 Å². The normalized spacial score (nSPS) is 10.6. The number of aromatic nitrogens is 2. The van der Waals surface area contributed by atoms with Crippen LogP contribution >= 0.6 is 0 Å². The average Bonchev–Trinajstić information content (AvgIpc) is 2.77. The van der Waals surface area contributed by atoms with Gasteiger partial charge in [0, 0.05) is 13.1 Å². The molecule has 0 atom stereocenters. The van der Waals surface area contributed by atoms with E-state index < -0.39 is 0 Å². The van der Waals surface area contributed by atoms with Gasteiger partial charge in [-0.15, -0.1) is 0 Å². The minimum absolute atomic E-state index is 0.0547. The maximum atomic E-state index is 12.3. The van der Waals surface area contributed by atoms with Crippen LogP contribution in [0.25, 0.3) is 11.0 Å². The van der Waals surface area contributed by atoms with Crippen LogP contribution < -0.4 is 0 Å². The topological polar surface area (TPSA) is 61.9 Å². The van der Waals surface area contributed by atoms with E-state index in [0.717, 1.165) is 16.6 Å². The van der Waals surface area contributed by atoms with Crippen LogP contribution in [0.15, 0.2) is 18.2 Å². The second kappa shape index (κ2) is 6.40. The lowest BCUT2D eigenvalue weighted by Crippen LogP contribution is -2.33. The van der Waals surface area contributed by atoms with E-state index in [1.807, 2.05) is 43.5 Å². The van der Waals surface area contributed by atoms with E-state index in [9.17, 15) is 4.79 Å². The van der Waals surface area contributed by atoms with Crippen LogP contribution in [0.1, 0.15) is 25.2 Å². The molecular formula is C16H20N4O. The standard InChI is InChI=1S/C16H20N4O/c1-4-19(5-2)16(21)11-20-14-7-6-12(3)10-13(14)18-15(20)8-9-17/h6-7,10H,4-5,8,11H2,1-3H3. The lowest BCUT2D eigenvalue weighted by Gasteiger charge is -2.19. The monoisotopic (exact) mass is 284 g/mol. The summed E-state index contributed by atoms with van der Waals surface area (Å²) in [5.41, 5.74) is 2.87. The second-order valence-electron chi connectivity index (χ2n) is 5.01. The molecule has 0 N–H and O–H groups in total. The molecule has 0 aliphatic carbocycles. The van der Waals surface area contributed by atoms with Crippen LogP contribution in [-0.2, 0) is 17.8 Å². The number of likely N-dealkylation sites (N-methyl/N-ethyl adjacent to an activating group) is 1. The third kappa shape index (κ3) is 3.05. The Morgan fingerprint density at radius 1 is 1.38 bits per heavy atom. The maximum Gasteiger partial charge on any atom is 0.242 e. The van der Waals surface area contributed by atoms with Gasteiger partial charge in [-0.05, 0) is 38.5 Å². The Labute approximate surface area is 124 Å². The van der Waals surface area contributed by atoms with E-state index in [-0.39, 0.29) is 18.9 Å². The smallest absolute Gasteiger partial charge is 0.242 e. The average molecular weight is 284 g/mol. The molecule has 0 radical (unpaired) electrons. The lowest BCUT2D eigenvalue weighted by molar-refractivity contribution is -0.131. The minimum Gasteiger partial charge on any atom is -0.342 e. The van der Waals surface area contributed by atoms with Gasteiger partial charge in [-0.2, -0.15) is 5.26 Å². The summed E-state index contributed by atoms with van der Waals surface area (Å²) in [6.07, 6.45) is 0.208. The first-order valence-electron chi connectivity index (χ1n) is 7.21. The first kappa shape index (κ1) is 15.0. The molecule has 5 heteroatoms. The fraction of sp³-hybridized carbons (Fsp3) is 0.438.